The van der Waals surface area contributed by atoms with Crippen LogP contribution >= 0.6 is 23.2 Å². The van der Waals surface area contributed by atoms with Gasteiger partial charge in [-0.15, -0.1) is 0 Å². The molecule has 0 aliphatic rings. The van der Waals surface area contributed by atoms with Crippen molar-refractivity contribution in [3.63, 3.8) is 0 Å². The second kappa shape index (κ2) is 4.17. The van der Waals surface area contributed by atoms with Crippen molar-refractivity contribution >= 4 is 23.2 Å². The van der Waals surface area contributed by atoms with Gasteiger partial charge in [0.1, 0.15) is 10.8 Å². The van der Waals surface area contributed by atoms with Crippen molar-refractivity contribution in [2.24, 2.45) is 5.73 Å². The molecule has 2 N–H and O–H groups in total. The molecule has 2 nitrogen and oxygen atoms in total. The van der Waals surface area contributed by atoms with Crippen molar-refractivity contribution in [3.05, 3.63) is 27.5 Å². The number of nitrogens with zero attached hydrogens (tertiary/aromatic N) is 1. The molecule has 1 aromatic heterocycles. The van der Waals surface area contributed by atoms with Crippen LogP contribution in [-0.2, 0) is 6.54 Å². The van der Waals surface area contributed by atoms with Gasteiger partial charge in [0, 0.05) is 12.1 Å². The van der Waals surface area contributed by atoms with Crippen molar-refractivity contribution in [1.29, 1.82) is 0 Å². The highest BCUT2D eigenvalue weighted by molar-refractivity contribution is 6.33. The fourth-order valence-corrected chi connectivity index (χ4v) is 1.29. The van der Waals surface area contributed by atoms with Crippen molar-refractivity contribution in [3.8, 4) is 0 Å². The lowest BCUT2D eigenvalue weighted by Crippen LogP contribution is -2.01. The number of nitrogens with two attached hydrogens (primary N) is 1. The van der Waals surface area contributed by atoms with Crippen LogP contribution in [0.25, 0.3) is 0 Å². The van der Waals surface area contributed by atoms with E-state index >= 15 is 0 Å². The average molecular weight is 227 g/mol. The van der Waals surface area contributed by atoms with Crippen LogP contribution in [0.5, 0.6) is 0 Å². The summed E-state index contributed by atoms with van der Waals surface area (Å²) in [6, 6.07) is 1.30. The summed E-state index contributed by atoms with van der Waals surface area (Å²) >= 11 is 11.1. The molecule has 1 rings (SSSR count). The molecule has 0 atom stereocenters. The second-order valence-corrected chi connectivity index (χ2v) is 3.08. The topological polar surface area (TPSA) is 38.9 Å². The zero-order valence-electron chi connectivity index (χ0n) is 6.40. The van der Waals surface area contributed by atoms with Gasteiger partial charge in [0.25, 0.3) is 6.43 Å². The Morgan fingerprint density at radius 2 is 2.08 bits per heavy atom. The molecule has 0 unspecified atom stereocenters. The molecule has 1 heterocycles. The molecule has 0 saturated carbocycles. The highest BCUT2D eigenvalue weighted by atomic mass is 35.5. The van der Waals surface area contributed by atoms with Crippen molar-refractivity contribution in [1.82, 2.24) is 4.98 Å². The number of rotatable bonds is 2. The van der Waals surface area contributed by atoms with E-state index in [9.17, 15) is 8.78 Å². The fraction of sp³-hybridized carbons (Fsp3) is 0.286. The van der Waals surface area contributed by atoms with E-state index in [1.807, 2.05) is 0 Å². The van der Waals surface area contributed by atoms with Gasteiger partial charge in [0.2, 0.25) is 0 Å². The summed E-state index contributed by atoms with van der Waals surface area (Å²) < 4.78 is 24.4. The van der Waals surface area contributed by atoms with E-state index in [0.29, 0.717) is 5.56 Å². The first-order valence-electron chi connectivity index (χ1n) is 3.39. The van der Waals surface area contributed by atoms with Gasteiger partial charge in [-0.05, 0) is 6.07 Å². The smallest absolute Gasteiger partial charge is 0.281 e. The van der Waals surface area contributed by atoms with Gasteiger partial charge in [-0.2, -0.15) is 0 Å². The standard InChI is InChI=1S/C7H6Cl2F2N2/c8-4-1-3(2-12)6(9)13-5(4)7(10)11/h1,7H,2,12H2. The minimum Gasteiger partial charge on any atom is -0.326 e. The molecule has 0 bridgehead atoms. The van der Waals surface area contributed by atoms with E-state index < -0.39 is 12.1 Å². The van der Waals surface area contributed by atoms with Crippen LogP contribution in [0.3, 0.4) is 0 Å². The molecule has 0 amide bonds. The van der Waals surface area contributed by atoms with E-state index in [0.717, 1.165) is 0 Å². The third-order valence-corrected chi connectivity index (χ3v) is 2.09. The zero-order valence-corrected chi connectivity index (χ0v) is 7.91. The molecule has 6 heteroatoms. The Balaban J connectivity index is 3.20. The van der Waals surface area contributed by atoms with Gasteiger partial charge in [-0.25, -0.2) is 13.8 Å². The van der Waals surface area contributed by atoms with E-state index in [2.05, 4.69) is 4.98 Å². The normalized spacial score (nSPS) is 10.9. The number of halogens is 4. The third kappa shape index (κ3) is 2.27. The van der Waals surface area contributed by atoms with Gasteiger partial charge < -0.3 is 5.73 Å². The predicted molar refractivity (Wildman–Crippen MR) is 47.1 cm³/mol. The number of hydrogen-bond donors (Lipinski definition) is 1. The second-order valence-electron chi connectivity index (χ2n) is 2.31. The summed E-state index contributed by atoms with van der Waals surface area (Å²) in [6.07, 6.45) is -2.73. The van der Waals surface area contributed by atoms with Crippen molar-refractivity contribution in [2.75, 3.05) is 0 Å². The van der Waals surface area contributed by atoms with Crippen molar-refractivity contribution in [2.45, 2.75) is 13.0 Å². The third-order valence-electron chi connectivity index (χ3n) is 1.46. The Labute approximate surface area is 83.7 Å². The average Bonchev–Trinajstić information content (AvgIpc) is 2.07. The largest absolute Gasteiger partial charge is 0.326 e. The number of aromatic nitrogens is 1. The Hall–Kier alpha value is -0.450. The SMILES string of the molecule is NCc1cc(Cl)c(C(F)F)nc1Cl. The number of alkyl halides is 2. The van der Waals surface area contributed by atoms with Crippen LogP contribution in [0.1, 0.15) is 17.7 Å². The first kappa shape index (κ1) is 10.6. The minimum absolute atomic E-state index is 0.0257. The highest BCUT2D eigenvalue weighted by Gasteiger charge is 2.16. The van der Waals surface area contributed by atoms with Crippen LogP contribution in [-0.4, -0.2) is 4.98 Å². The first-order valence-corrected chi connectivity index (χ1v) is 4.15. The maximum absolute atomic E-state index is 12.2. The summed E-state index contributed by atoms with van der Waals surface area (Å²) in [5.74, 6) is 0. The summed E-state index contributed by atoms with van der Waals surface area (Å²) in [5.41, 5.74) is 5.22. The Bertz CT molecular complexity index is 318. The molecule has 1 aromatic rings. The lowest BCUT2D eigenvalue weighted by Gasteiger charge is -2.05. The van der Waals surface area contributed by atoms with Gasteiger partial charge in [0.05, 0.1) is 5.02 Å². The van der Waals surface area contributed by atoms with Gasteiger partial charge in [-0.1, -0.05) is 23.2 Å². The van der Waals surface area contributed by atoms with E-state index in [1.165, 1.54) is 6.07 Å². The summed E-state index contributed by atoms with van der Waals surface area (Å²) in [5, 5.41) is -0.137. The quantitative estimate of drug-likeness (QED) is 0.789. The number of hydrogen-bond acceptors (Lipinski definition) is 2. The molecule has 0 aliphatic carbocycles. The Morgan fingerprint density at radius 3 is 2.54 bits per heavy atom. The molecule has 0 spiro atoms. The number of pyridine rings is 1. The first-order chi connectivity index (χ1) is 6.06. The maximum atomic E-state index is 12.2. The molecule has 0 fully saturated rings. The Kier molecular flexibility index (Phi) is 3.41. The molecule has 0 aromatic carbocycles. The molecular formula is C7H6Cl2F2N2. The zero-order chi connectivity index (χ0) is 10.0. The van der Waals surface area contributed by atoms with Crippen LogP contribution in [0.2, 0.25) is 10.2 Å². The lowest BCUT2D eigenvalue weighted by molar-refractivity contribution is 0.146. The molecule has 72 valence electrons. The van der Waals surface area contributed by atoms with Gasteiger partial charge in [0.15, 0.2) is 0 Å². The van der Waals surface area contributed by atoms with Crippen LogP contribution in [0, 0.1) is 0 Å². The lowest BCUT2D eigenvalue weighted by atomic mass is 10.2. The highest BCUT2D eigenvalue weighted by Crippen LogP contribution is 2.28. The van der Waals surface area contributed by atoms with Crippen LogP contribution in [0.4, 0.5) is 8.78 Å². The van der Waals surface area contributed by atoms with Gasteiger partial charge in [-0.3, -0.25) is 0 Å². The summed E-state index contributed by atoms with van der Waals surface area (Å²) in [6.45, 7) is 0.120. The van der Waals surface area contributed by atoms with Gasteiger partial charge >= 0.3 is 0 Å². The predicted octanol–water partition coefficient (Wildman–Crippen LogP) is 2.78. The molecule has 0 radical (unpaired) electrons. The fourth-order valence-electron chi connectivity index (χ4n) is 0.814. The minimum atomic E-state index is -2.73. The monoisotopic (exact) mass is 226 g/mol. The van der Waals surface area contributed by atoms with E-state index in [1.54, 1.807) is 0 Å². The van der Waals surface area contributed by atoms with Crippen LogP contribution < -0.4 is 5.73 Å². The van der Waals surface area contributed by atoms with Crippen molar-refractivity contribution < 1.29 is 8.78 Å². The molecule has 13 heavy (non-hydrogen) atoms. The summed E-state index contributed by atoms with van der Waals surface area (Å²) in [4.78, 5) is 3.45. The summed E-state index contributed by atoms with van der Waals surface area (Å²) in [7, 11) is 0. The van der Waals surface area contributed by atoms with E-state index in [-0.39, 0.29) is 16.7 Å². The Morgan fingerprint density at radius 1 is 1.46 bits per heavy atom. The maximum Gasteiger partial charge on any atom is 0.281 e. The molecule has 0 saturated heterocycles. The van der Waals surface area contributed by atoms with E-state index in [4.69, 9.17) is 28.9 Å². The molecule has 0 aliphatic heterocycles. The molecular weight excluding hydrogens is 221 g/mol. The van der Waals surface area contributed by atoms with Crippen LogP contribution in [0.15, 0.2) is 6.07 Å².